The Labute approximate surface area is 173 Å². The molecule has 2 N–H and O–H groups in total. The van der Waals surface area contributed by atoms with Gasteiger partial charge < -0.3 is 10.3 Å². The van der Waals surface area contributed by atoms with E-state index in [-0.39, 0.29) is 11.9 Å². The summed E-state index contributed by atoms with van der Waals surface area (Å²) in [6.45, 7) is 2.02. The summed E-state index contributed by atoms with van der Waals surface area (Å²) in [6, 6.07) is 18.1. The molecule has 5 nitrogen and oxygen atoms in total. The molecule has 29 heavy (non-hydrogen) atoms. The van der Waals surface area contributed by atoms with Crippen LogP contribution in [0, 0.1) is 5.92 Å². The predicted octanol–water partition coefficient (Wildman–Crippen LogP) is 5.06. The van der Waals surface area contributed by atoms with E-state index < -0.39 is 0 Å². The summed E-state index contributed by atoms with van der Waals surface area (Å²) in [5, 5.41) is 4.11. The largest absolute Gasteiger partial charge is 0.349 e. The highest BCUT2D eigenvalue weighted by atomic mass is 32.1. The van der Waals surface area contributed by atoms with Crippen LogP contribution >= 0.6 is 11.3 Å². The third kappa shape index (κ3) is 3.80. The van der Waals surface area contributed by atoms with Crippen molar-refractivity contribution in [2.45, 2.75) is 31.7 Å². The molecule has 0 spiro atoms. The second-order valence-electron chi connectivity index (χ2n) is 7.67. The normalized spacial score (nSPS) is 19.2. The van der Waals surface area contributed by atoms with Gasteiger partial charge in [0.25, 0.3) is 0 Å². The Balaban J connectivity index is 1.18. The molecule has 0 saturated heterocycles. The van der Waals surface area contributed by atoms with Gasteiger partial charge in [-0.05, 0) is 31.4 Å². The molecule has 1 amide bonds. The minimum atomic E-state index is -0.0409. The molecule has 0 unspecified atom stereocenters. The van der Waals surface area contributed by atoms with Crippen LogP contribution in [0.4, 0.5) is 0 Å². The predicted molar refractivity (Wildman–Crippen MR) is 116 cm³/mol. The van der Waals surface area contributed by atoms with E-state index in [9.17, 15) is 4.79 Å². The smallest absolute Gasteiger partial charge is 0.220 e. The lowest BCUT2D eigenvalue weighted by atomic mass is 10.2. The van der Waals surface area contributed by atoms with Crippen molar-refractivity contribution in [3.63, 3.8) is 0 Å². The van der Waals surface area contributed by atoms with Crippen LogP contribution in [0.15, 0.2) is 60.8 Å². The van der Waals surface area contributed by atoms with Crippen LogP contribution in [0.2, 0.25) is 0 Å². The number of carbonyl (C=O) groups excluding carboxylic acids is 1. The minimum absolute atomic E-state index is 0.0409. The van der Waals surface area contributed by atoms with E-state index in [1.54, 1.807) is 11.3 Å². The lowest BCUT2D eigenvalue weighted by molar-refractivity contribution is -0.122. The Hall–Kier alpha value is -2.99. The highest BCUT2D eigenvalue weighted by molar-refractivity contribution is 7.15. The molecule has 2 aromatic carbocycles. The van der Waals surface area contributed by atoms with Crippen LogP contribution in [-0.2, 0) is 4.79 Å². The van der Waals surface area contributed by atoms with E-state index in [2.05, 4.69) is 32.4 Å². The average molecular weight is 403 g/mol. The average Bonchev–Trinajstić information content (AvgIpc) is 3.16. The van der Waals surface area contributed by atoms with Gasteiger partial charge in [0.2, 0.25) is 5.91 Å². The number of benzene rings is 2. The summed E-state index contributed by atoms with van der Waals surface area (Å²) in [7, 11) is 0. The van der Waals surface area contributed by atoms with Gasteiger partial charge in [0.15, 0.2) is 0 Å². The summed E-state index contributed by atoms with van der Waals surface area (Å²) >= 11 is 1.63. The van der Waals surface area contributed by atoms with Crippen LogP contribution in [0.3, 0.4) is 0 Å². The third-order valence-electron chi connectivity index (χ3n) is 5.48. The van der Waals surface area contributed by atoms with Crippen molar-refractivity contribution in [2.75, 3.05) is 0 Å². The molecule has 5 rings (SSSR count). The Morgan fingerprint density at radius 2 is 2.00 bits per heavy atom. The number of amides is 1. The first-order valence-corrected chi connectivity index (χ1v) is 10.7. The van der Waals surface area contributed by atoms with Gasteiger partial charge in [-0.3, -0.25) is 4.79 Å². The maximum Gasteiger partial charge on any atom is 0.220 e. The number of aromatic amines is 1. The number of rotatable bonds is 6. The zero-order valence-electron chi connectivity index (χ0n) is 16.1. The summed E-state index contributed by atoms with van der Waals surface area (Å²) in [5.74, 6) is 1.82. The Morgan fingerprint density at radius 1 is 1.21 bits per heavy atom. The van der Waals surface area contributed by atoms with Gasteiger partial charge in [0.1, 0.15) is 10.8 Å². The molecule has 2 aromatic heterocycles. The molecule has 0 aliphatic heterocycles. The molecule has 6 heteroatoms. The van der Waals surface area contributed by atoms with Crippen molar-refractivity contribution in [3.05, 3.63) is 71.5 Å². The van der Waals surface area contributed by atoms with E-state index in [1.165, 1.54) is 0 Å². The van der Waals surface area contributed by atoms with E-state index >= 15 is 0 Å². The second-order valence-corrected chi connectivity index (χ2v) is 8.73. The van der Waals surface area contributed by atoms with Crippen LogP contribution in [0.1, 0.15) is 42.4 Å². The Morgan fingerprint density at radius 3 is 2.83 bits per heavy atom. The molecule has 0 radical (unpaired) electrons. The molecule has 146 valence electrons. The number of carbonyl (C=O) groups is 1. The van der Waals surface area contributed by atoms with Gasteiger partial charge in [-0.15, -0.1) is 11.3 Å². The van der Waals surface area contributed by atoms with Gasteiger partial charge in [-0.25, -0.2) is 9.97 Å². The Bertz CT molecular complexity index is 1120. The number of hydrogen-bond acceptors (Lipinski definition) is 4. The van der Waals surface area contributed by atoms with Crippen molar-refractivity contribution in [1.82, 2.24) is 20.3 Å². The number of hydrogen-bond donors (Lipinski definition) is 2. The van der Waals surface area contributed by atoms with Gasteiger partial charge in [-0.2, -0.15) is 0 Å². The fourth-order valence-corrected chi connectivity index (χ4v) is 4.69. The van der Waals surface area contributed by atoms with Crippen LogP contribution in [-0.4, -0.2) is 20.9 Å². The summed E-state index contributed by atoms with van der Waals surface area (Å²) < 4.78 is 0. The maximum atomic E-state index is 12.5. The molecule has 1 aliphatic carbocycles. The molecule has 3 atom stereocenters. The van der Waals surface area contributed by atoms with Gasteiger partial charge in [0.05, 0.1) is 17.1 Å². The van der Waals surface area contributed by atoms with Crippen molar-refractivity contribution in [1.29, 1.82) is 0 Å². The van der Waals surface area contributed by atoms with Crippen LogP contribution in [0.25, 0.3) is 21.6 Å². The number of aromatic nitrogens is 3. The van der Waals surface area contributed by atoms with E-state index in [4.69, 9.17) is 0 Å². The van der Waals surface area contributed by atoms with Gasteiger partial charge in [0, 0.05) is 29.0 Å². The number of para-hydroxylation sites is 2. The molecule has 0 bridgehead atoms. The lowest BCUT2D eigenvalue weighted by Gasteiger charge is -2.11. The monoisotopic (exact) mass is 402 g/mol. The van der Waals surface area contributed by atoms with Crippen LogP contribution in [0.5, 0.6) is 0 Å². The first-order chi connectivity index (χ1) is 14.2. The third-order valence-corrected chi connectivity index (χ3v) is 6.71. The molecule has 1 saturated carbocycles. The highest BCUT2D eigenvalue weighted by Gasteiger charge is 2.41. The second kappa shape index (κ2) is 7.44. The lowest BCUT2D eigenvalue weighted by Crippen LogP contribution is -2.26. The summed E-state index contributed by atoms with van der Waals surface area (Å²) in [6.07, 6.45) is 3.42. The van der Waals surface area contributed by atoms with Crippen molar-refractivity contribution in [2.24, 2.45) is 5.92 Å². The van der Waals surface area contributed by atoms with Crippen molar-refractivity contribution in [3.8, 4) is 10.6 Å². The van der Waals surface area contributed by atoms with Crippen molar-refractivity contribution >= 4 is 28.3 Å². The first kappa shape index (κ1) is 18.1. The molecule has 1 aliphatic rings. The quantitative estimate of drug-likeness (QED) is 0.474. The van der Waals surface area contributed by atoms with E-state index in [0.717, 1.165) is 38.7 Å². The number of nitrogens with zero attached hydrogens (tertiary/aromatic N) is 2. The van der Waals surface area contributed by atoms with E-state index in [1.807, 2.05) is 55.6 Å². The highest BCUT2D eigenvalue weighted by Crippen LogP contribution is 2.48. The van der Waals surface area contributed by atoms with Gasteiger partial charge in [-0.1, -0.05) is 42.5 Å². The van der Waals surface area contributed by atoms with Crippen LogP contribution < -0.4 is 5.32 Å². The zero-order valence-corrected chi connectivity index (χ0v) is 16.9. The van der Waals surface area contributed by atoms with Crippen molar-refractivity contribution < 1.29 is 4.79 Å². The Kier molecular flexibility index (Phi) is 4.64. The number of H-pyrrole nitrogens is 1. The number of imidazole rings is 1. The topological polar surface area (TPSA) is 70.7 Å². The van der Waals surface area contributed by atoms with Gasteiger partial charge >= 0.3 is 0 Å². The van der Waals surface area contributed by atoms with E-state index in [0.29, 0.717) is 18.3 Å². The number of thiazole rings is 1. The maximum absolute atomic E-state index is 12.5. The summed E-state index contributed by atoms with van der Waals surface area (Å²) in [5.41, 5.74) is 3.16. The molecular weight excluding hydrogens is 380 g/mol. The minimum Gasteiger partial charge on any atom is -0.349 e. The molecular formula is C23H22N4OS. The standard InChI is InChI=1S/C23H22N4OS/c1-14(20-13-24-23(29-20)15-7-3-2-4-8-15)25-21(28)12-16-11-17(16)22-26-18-9-5-6-10-19(18)27-22/h2-10,13-14,16-17H,11-12H2,1H3,(H,25,28)(H,26,27)/t14-,16+,17+/m1/s1. The SMILES string of the molecule is C[C@@H](NC(=O)C[C@@H]1C[C@@H]1c1nc2ccccc2[nH]1)c1cnc(-c2ccccc2)s1. The molecule has 1 fully saturated rings. The number of fused-ring (bicyclic) bond motifs is 1. The first-order valence-electron chi connectivity index (χ1n) is 9.92. The molecule has 2 heterocycles. The fourth-order valence-electron chi connectivity index (χ4n) is 3.77. The summed E-state index contributed by atoms with van der Waals surface area (Å²) in [4.78, 5) is 26.2. The molecule has 4 aromatic rings. The zero-order chi connectivity index (χ0) is 19.8. The number of nitrogens with one attached hydrogen (secondary N) is 2. The fraction of sp³-hybridized carbons (Fsp3) is 0.261.